The molecule has 2 rings (SSSR count). The Morgan fingerprint density at radius 1 is 1.40 bits per heavy atom. The van der Waals surface area contributed by atoms with Gasteiger partial charge in [0.25, 0.3) is 11.6 Å². The van der Waals surface area contributed by atoms with E-state index >= 15 is 0 Å². The van der Waals surface area contributed by atoms with Crippen molar-refractivity contribution in [3.8, 4) is 0 Å². The molecule has 1 aromatic heterocycles. The van der Waals surface area contributed by atoms with Gasteiger partial charge in [-0.05, 0) is 40.5 Å². The maximum atomic E-state index is 11.9. The largest absolute Gasteiger partial charge is 0.444 e. The van der Waals surface area contributed by atoms with Crippen molar-refractivity contribution < 1.29 is 14.1 Å². The van der Waals surface area contributed by atoms with Crippen LogP contribution in [0.1, 0.15) is 29.1 Å². The number of furan rings is 1. The third kappa shape index (κ3) is 3.24. The molecule has 1 heterocycles. The maximum Gasteiger partial charge on any atom is 0.287 e. The van der Waals surface area contributed by atoms with Crippen LogP contribution >= 0.6 is 15.9 Å². The molecule has 7 heteroatoms. The Balaban J connectivity index is 2.12. The zero-order chi connectivity index (χ0) is 14.7. The van der Waals surface area contributed by atoms with Crippen molar-refractivity contribution in [1.82, 2.24) is 5.32 Å². The molecule has 2 aromatic rings. The summed E-state index contributed by atoms with van der Waals surface area (Å²) in [6, 6.07) is 8.93. The lowest BCUT2D eigenvalue weighted by Crippen LogP contribution is -2.26. The van der Waals surface area contributed by atoms with Crippen molar-refractivity contribution in [3.63, 3.8) is 0 Å². The van der Waals surface area contributed by atoms with Gasteiger partial charge in [0.1, 0.15) is 0 Å². The minimum atomic E-state index is -0.471. The minimum Gasteiger partial charge on any atom is -0.444 e. The standard InChI is InChI=1S/C13H11BrN2O4/c1-8(9-3-2-4-10(7-9)16(18)19)15-13(17)11-5-6-12(14)20-11/h2-8H,1H3,(H,15,17). The monoisotopic (exact) mass is 338 g/mol. The van der Waals surface area contributed by atoms with Crippen LogP contribution in [0.3, 0.4) is 0 Å². The molecule has 1 aromatic carbocycles. The molecule has 1 amide bonds. The number of non-ortho nitro benzene ring substituents is 1. The second-order valence-corrected chi connectivity index (χ2v) is 4.93. The second kappa shape index (κ2) is 5.87. The zero-order valence-corrected chi connectivity index (χ0v) is 12.1. The SMILES string of the molecule is CC(NC(=O)c1ccc(Br)o1)c1cccc([N+](=O)[O-])c1. The van der Waals surface area contributed by atoms with Crippen LogP contribution in [0, 0.1) is 10.1 Å². The molecule has 0 fully saturated rings. The number of nitro groups is 1. The highest BCUT2D eigenvalue weighted by Crippen LogP contribution is 2.20. The normalized spacial score (nSPS) is 11.9. The zero-order valence-electron chi connectivity index (χ0n) is 10.5. The number of carbonyl (C=O) groups excluding carboxylic acids is 1. The molecule has 0 bridgehead atoms. The van der Waals surface area contributed by atoms with Gasteiger partial charge in [-0.25, -0.2) is 0 Å². The predicted molar refractivity (Wildman–Crippen MR) is 75.4 cm³/mol. The summed E-state index contributed by atoms with van der Waals surface area (Å²) in [5.74, 6) is -0.205. The Hall–Kier alpha value is -2.15. The van der Waals surface area contributed by atoms with Crippen LogP contribution in [-0.2, 0) is 0 Å². The average Bonchev–Trinajstić information content (AvgIpc) is 2.85. The topological polar surface area (TPSA) is 85.4 Å². The number of hydrogen-bond donors (Lipinski definition) is 1. The molecule has 0 aliphatic carbocycles. The number of nitrogens with zero attached hydrogens (tertiary/aromatic N) is 1. The molecular weight excluding hydrogens is 328 g/mol. The summed E-state index contributed by atoms with van der Waals surface area (Å²) < 4.78 is 5.60. The number of nitrogens with one attached hydrogen (secondary N) is 1. The van der Waals surface area contributed by atoms with Crippen molar-refractivity contribution in [2.24, 2.45) is 0 Å². The fourth-order valence-corrected chi connectivity index (χ4v) is 2.00. The summed E-state index contributed by atoms with van der Waals surface area (Å²) in [6.07, 6.45) is 0. The quantitative estimate of drug-likeness (QED) is 0.683. The van der Waals surface area contributed by atoms with Crippen molar-refractivity contribution >= 4 is 27.5 Å². The van der Waals surface area contributed by atoms with Gasteiger partial charge >= 0.3 is 0 Å². The van der Waals surface area contributed by atoms with Crippen molar-refractivity contribution in [1.29, 1.82) is 0 Å². The minimum absolute atomic E-state index is 0.00987. The van der Waals surface area contributed by atoms with E-state index in [0.29, 0.717) is 10.2 Å². The van der Waals surface area contributed by atoms with Gasteiger partial charge in [-0.3, -0.25) is 14.9 Å². The van der Waals surface area contributed by atoms with Crippen molar-refractivity contribution in [3.05, 3.63) is 62.5 Å². The van der Waals surface area contributed by atoms with Crippen molar-refractivity contribution in [2.75, 3.05) is 0 Å². The van der Waals surface area contributed by atoms with E-state index in [-0.39, 0.29) is 23.4 Å². The molecule has 0 aliphatic heterocycles. The molecule has 104 valence electrons. The molecule has 0 spiro atoms. The van der Waals surface area contributed by atoms with E-state index < -0.39 is 4.92 Å². The van der Waals surface area contributed by atoms with Crippen LogP contribution in [0.25, 0.3) is 0 Å². The van der Waals surface area contributed by atoms with Crippen LogP contribution in [0.5, 0.6) is 0 Å². The number of nitro benzene ring substituents is 1. The van der Waals surface area contributed by atoms with E-state index in [2.05, 4.69) is 21.2 Å². The Morgan fingerprint density at radius 2 is 2.15 bits per heavy atom. The summed E-state index contributed by atoms with van der Waals surface area (Å²) in [5.41, 5.74) is 0.641. The number of amides is 1. The molecule has 0 radical (unpaired) electrons. The first kappa shape index (κ1) is 14.3. The molecule has 1 N–H and O–H groups in total. The second-order valence-electron chi connectivity index (χ2n) is 4.15. The fraction of sp³-hybridized carbons (Fsp3) is 0.154. The number of benzene rings is 1. The smallest absolute Gasteiger partial charge is 0.287 e. The maximum absolute atomic E-state index is 11.9. The average molecular weight is 339 g/mol. The fourth-order valence-electron chi connectivity index (χ4n) is 1.70. The highest BCUT2D eigenvalue weighted by molar-refractivity contribution is 9.10. The highest BCUT2D eigenvalue weighted by atomic mass is 79.9. The summed E-state index contributed by atoms with van der Waals surface area (Å²) in [4.78, 5) is 22.2. The Labute approximate surface area is 123 Å². The summed E-state index contributed by atoms with van der Waals surface area (Å²) in [5, 5.41) is 13.4. The lowest BCUT2D eigenvalue weighted by Gasteiger charge is -2.13. The van der Waals surface area contributed by atoms with Gasteiger partial charge in [-0.2, -0.15) is 0 Å². The summed E-state index contributed by atoms with van der Waals surface area (Å²) in [7, 11) is 0. The number of rotatable bonds is 4. The number of halogens is 1. The number of hydrogen-bond acceptors (Lipinski definition) is 4. The van der Waals surface area contributed by atoms with Gasteiger partial charge in [0.2, 0.25) is 0 Å². The molecule has 20 heavy (non-hydrogen) atoms. The van der Waals surface area contributed by atoms with E-state index in [4.69, 9.17) is 4.42 Å². The Bertz CT molecular complexity index is 653. The molecule has 1 atom stereocenters. The van der Waals surface area contributed by atoms with E-state index in [1.165, 1.54) is 12.1 Å². The molecule has 6 nitrogen and oxygen atoms in total. The lowest BCUT2D eigenvalue weighted by molar-refractivity contribution is -0.384. The van der Waals surface area contributed by atoms with E-state index in [1.807, 2.05) is 0 Å². The van der Waals surface area contributed by atoms with Gasteiger partial charge in [0.15, 0.2) is 10.4 Å². The van der Waals surface area contributed by atoms with Gasteiger partial charge in [0.05, 0.1) is 11.0 Å². The van der Waals surface area contributed by atoms with E-state index in [9.17, 15) is 14.9 Å². The first-order valence-electron chi connectivity index (χ1n) is 5.78. The van der Waals surface area contributed by atoms with Crippen LogP contribution < -0.4 is 5.32 Å². The molecule has 0 saturated carbocycles. The molecule has 0 saturated heterocycles. The Morgan fingerprint density at radius 3 is 2.75 bits per heavy atom. The van der Waals surface area contributed by atoms with E-state index in [1.54, 1.807) is 31.2 Å². The summed E-state index contributed by atoms with van der Waals surface area (Å²) in [6.45, 7) is 1.74. The third-order valence-electron chi connectivity index (χ3n) is 2.73. The van der Waals surface area contributed by atoms with Crippen LogP contribution in [0.4, 0.5) is 5.69 Å². The Kier molecular flexibility index (Phi) is 4.19. The lowest BCUT2D eigenvalue weighted by atomic mass is 10.1. The molecular formula is C13H11BrN2O4. The predicted octanol–water partition coefficient (Wildman–Crippen LogP) is 3.44. The van der Waals surface area contributed by atoms with Gasteiger partial charge < -0.3 is 9.73 Å². The summed E-state index contributed by atoms with van der Waals surface area (Å²) >= 11 is 3.12. The van der Waals surface area contributed by atoms with Gasteiger partial charge in [0, 0.05) is 12.1 Å². The van der Waals surface area contributed by atoms with E-state index in [0.717, 1.165) is 0 Å². The molecule has 1 unspecified atom stereocenters. The highest BCUT2D eigenvalue weighted by Gasteiger charge is 2.16. The van der Waals surface area contributed by atoms with Gasteiger partial charge in [-0.1, -0.05) is 12.1 Å². The van der Waals surface area contributed by atoms with Crippen LogP contribution in [-0.4, -0.2) is 10.8 Å². The first-order chi connectivity index (χ1) is 9.47. The van der Waals surface area contributed by atoms with Crippen LogP contribution in [0.2, 0.25) is 0 Å². The van der Waals surface area contributed by atoms with Crippen LogP contribution in [0.15, 0.2) is 45.5 Å². The molecule has 0 aliphatic rings. The number of carbonyl (C=O) groups is 1. The van der Waals surface area contributed by atoms with Crippen molar-refractivity contribution in [2.45, 2.75) is 13.0 Å². The third-order valence-corrected chi connectivity index (χ3v) is 3.15. The first-order valence-corrected chi connectivity index (χ1v) is 6.57. The van der Waals surface area contributed by atoms with Gasteiger partial charge in [-0.15, -0.1) is 0 Å².